The van der Waals surface area contributed by atoms with E-state index in [0.29, 0.717) is 5.92 Å². The number of hydrogen-bond acceptors (Lipinski definition) is 3. The van der Waals surface area contributed by atoms with E-state index in [4.69, 9.17) is 0 Å². The fraction of sp³-hybridized carbons (Fsp3) is 0.636. The zero-order valence-corrected chi connectivity index (χ0v) is 8.70. The molecule has 1 atom stereocenters. The Labute approximate surface area is 84.2 Å². The first-order valence-corrected chi connectivity index (χ1v) is 5.17. The second-order valence-corrected chi connectivity index (χ2v) is 4.16. The van der Waals surface area contributed by atoms with Gasteiger partial charge in [-0.3, -0.25) is 0 Å². The number of aliphatic hydroxyl groups is 1. The van der Waals surface area contributed by atoms with E-state index >= 15 is 0 Å². The number of nitrogens with zero attached hydrogens (tertiary/aromatic N) is 2. The van der Waals surface area contributed by atoms with E-state index in [0.717, 1.165) is 29.8 Å². The van der Waals surface area contributed by atoms with Crippen LogP contribution in [-0.2, 0) is 0 Å². The van der Waals surface area contributed by atoms with Gasteiger partial charge in [-0.2, -0.15) is 10.2 Å². The van der Waals surface area contributed by atoms with Gasteiger partial charge in [0.25, 0.3) is 0 Å². The number of aliphatic hydroxyl groups excluding tert-OH is 1. The molecular weight excluding hydrogens is 176 g/mol. The van der Waals surface area contributed by atoms with Crippen LogP contribution in [0.2, 0.25) is 0 Å². The molecule has 0 spiro atoms. The van der Waals surface area contributed by atoms with Gasteiger partial charge in [0.05, 0.1) is 17.5 Å². The highest BCUT2D eigenvalue weighted by Gasteiger charge is 2.28. The maximum absolute atomic E-state index is 10.1. The highest BCUT2D eigenvalue weighted by Crippen LogP contribution is 2.38. The molecule has 3 nitrogen and oxygen atoms in total. The maximum Gasteiger partial charge on any atom is 0.0837 e. The largest absolute Gasteiger partial charge is 0.388 e. The molecule has 1 fully saturated rings. The Morgan fingerprint density at radius 1 is 1.36 bits per heavy atom. The minimum absolute atomic E-state index is 0.335. The summed E-state index contributed by atoms with van der Waals surface area (Å²) in [6.07, 6.45) is 3.19. The predicted molar refractivity (Wildman–Crippen MR) is 53.8 cm³/mol. The van der Waals surface area contributed by atoms with Gasteiger partial charge >= 0.3 is 0 Å². The molecular formula is C11H16N2O. The molecule has 1 saturated carbocycles. The molecule has 0 amide bonds. The molecule has 0 radical (unpaired) electrons. The first kappa shape index (κ1) is 9.59. The van der Waals surface area contributed by atoms with Crippen molar-refractivity contribution in [1.29, 1.82) is 0 Å². The van der Waals surface area contributed by atoms with Crippen LogP contribution >= 0.6 is 0 Å². The summed E-state index contributed by atoms with van der Waals surface area (Å²) in [7, 11) is 0. The lowest BCUT2D eigenvalue weighted by atomic mass is 9.78. The molecule has 1 aliphatic rings. The van der Waals surface area contributed by atoms with Crippen LogP contribution < -0.4 is 0 Å². The summed E-state index contributed by atoms with van der Waals surface area (Å²) in [6, 6.07) is 1.95. The Kier molecular flexibility index (Phi) is 2.50. The number of hydrogen-bond donors (Lipinski definition) is 1. The first-order valence-electron chi connectivity index (χ1n) is 5.17. The predicted octanol–water partition coefficient (Wildman–Crippen LogP) is 1.93. The number of aryl methyl sites for hydroxylation is 2. The Hall–Kier alpha value is -0.960. The smallest absolute Gasteiger partial charge is 0.0837 e. The molecule has 0 aliphatic heterocycles. The summed E-state index contributed by atoms with van der Waals surface area (Å²) in [5.74, 6) is 0.442. The van der Waals surface area contributed by atoms with Gasteiger partial charge < -0.3 is 5.11 Å². The van der Waals surface area contributed by atoms with Crippen LogP contribution in [0.1, 0.15) is 42.3 Å². The molecule has 1 aliphatic carbocycles. The Bertz CT molecular complexity index is 334. The third-order valence-electron chi connectivity index (χ3n) is 3.05. The van der Waals surface area contributed by atoms with Gasteiger partial charge in [-0.05, 0) is 38.7 Å². The van der Waals surface area contributed by atoms with Crippen LogP contribution in [0.5, 0.6) is 0 Å². The van der Waals surface area contributed by atoms with E-state index in [9.17, 15) is 5.11 Å². The monoisotopic (exact) mass is 192 g/mol. The number of aromatic nitrogens is 2. The van der Waals surface area contributed by atoms with Gasteiger partial charge in [0.15, 0.2) is 0 Å². The van der Waals surface area contributed by atoms with Gasteiger partial charge in [0.1, 0.15) is 0 Å². The number of rotatable bonds is 2. The van der Waals surface area contributed by atoms with Crippen LogP contribution in [0.15, 0.2) is 6.07 Å². The lowest BCUT2D eigenvalue weighted by molar-refractivity contribution is 0.0611. The average Bonchev–Trinajstić information content (AvgIpc) is 2.06. The molecule has 0 bridgehead atoms. The van der Waals surface area contributed by atoms with E-state index in [2.05, 4.69) is 10.2 Å². The van der Waals surface area contributed by atoms with E-state index in [-0.39, 0.29) is 6.10 Å². The van der Waals surface area contributed by atoms with E-state index in [1.807, 2.05) is 19.9 Å². The molecule has 1 N–H and O–H groups in total. The van der Waals surface area contributed by atoms with Gasteiger partial charge in [0, 0.05) is 5.56 Å². The quantitative estimate of drug-likeness (QED) is 0.778. The Morgan fingerprint density at radius 2 is 2.07 bits per heavy atom. The summed E-state index contributed by atoms with van der Waals surface area (Å²) in [4.78, 5) is 0. The van der Waals surface area contributed by atoms with Gasteiger partial charge in [-0.25, -0.2) is 0 Å². The highest BCUT2D eigenvalue weighted by molar-refractivity contribution is 5.23. The van der Waals surface area contributed by atoms with Crippen molar-refractivity contribution in [3.8, 4) is 0 Å². The topological polar surface area (TPSA) is 46.0 Å². The zero-order valence-electron chi connectivity index (χ0n) is 8.70. The van der Waals surface area contributed by atoms with E-state index < -0.39 is 0 Å². The lowest BCUT2D eigenvalue weighted by Crippen LogP contribution is -2.21. The SMILES string of the molecule is Cc1cc(C(O)C2CCC2)c(C)nn1. The van der Waals surface area contributed by atoms with Crippen molar-refractivity contribution in [2.45, 2.75) is 39.2 Å². The maximum atomic E-state index is 10.1. The Balaban J connectivity index is 2.24. The molecule has 1 aromatic heterocycles. The zero-order chi connectivity index (χ0) is 10.1. The van der Waals surface area contributed by atoms with Crippen molar-refractivity contribution in [3.63, 3.8) is 0 Å². The molecule has 3 heteroatoms. The molecule has 1 heterocycles. The minimum Gasteiger partial charge on any atom is -0.388 e. The third-order valence-corrected chi connectivity index (χ3v) is 3.05. The molecule has 1 aromatic rings. The van der Waals surface area contributed by atoms with Gasteiger partial charge in [-0.15, -0.1) is 0 Å². The molecule has 2 rings (SSSR count). The van der Waals surface area contributed by atoms with Crippen molar-refractivity contribution < 1.29 is 5.11 Å². The van der Waals surface area contributed by atoms with Crippen LogP contribution in [0.25, 0.3) is 0 Å². The van der Waals surface area contributed by atoms with Crippen LogP contribution in [0.4, 0.5) is 0 Å². The first-order chi connectivity index (χ1) is 6.68. The summed E-state index contributed by atoms with van der Waals surface area (Å²) in [6.45, 7) is 3.81. The third kappa shape index (κ3) is 1.64. The van der Waals surface area contributed by atoms with Crippen LogP contribution in [0.3, 0.4) is 0 Å². The second kappa shape index (κ2) is 3.65. The fourth-order valence-electron chi connectivity index (χ4n) is 1.88. The standard InChI is InChI=1S/C11H16N2O/c1-7-6-10(8(2)13-12-7)11(14)9-4-3-5-9/h6,9,11,14H,3-5H2,1-2H3. The van der Waals surface area contributed by atoms with Crippen molar-refractivity contribution in [2.75, 3.05) is 0 Å². The minimum atomic E-state index is -0.335. The van der Waals surface area contributed by atoms with Gasteiger partial charge in [0.2, 0.25) is 0 Å². The van der Waals surface area contributed by atoms with Crippen LogP contribution in [-0.4, -0.2) is 15.3 Å². The Morgan fingerprint density at radius 3 is 2.64 bits per heavy atom. The molecule has 1 unspecified atom stereocenters. The van der Waals surface area contributed by atoms with Gasteiger partial charge in [-0.1, -0.05) is 6.42 Å². The van der Waals surface area contributed by atoms with Crippen molar-refractivity contribution in [3.05, 3.63) is 23.0 Å². The summed E-state index contributed by atoms with van der Waals surface area (Å²) >= 11 is 0. The van der Waals surface area contributed by atoms with E-state index in [1.165, 1.54) is 6.42 Å². The van der Waals surface area contributed by atoms with Crippen molar-refractivity contribution >= 4 is 0 Å². The summed E-state index contributed by atoms with van der Waals surface area (Å²) < 4.78 is 0. The van der Waals surface area contributed by atoms with Crippen LogP contribution in [0, 0.1) is 19.8 Å². The molecule has 14 heavy (non-hydrogen) atoms. The molecule has 76 valence electrons. The molecule has 0 saturated heterocycles. The second-order valence-electron chi connectivity index (χ2n) is 4.16. The summed E-state index contributed by atoms with van der Waals surface area (Å²) in [5, 5.41) is 18.1. The fourth-order valence-corrected chi connectivity index (χ4v) is 1.88. The normalized spacial score (nSPS) is 19.1. The van der Waals surface area contributed by atoms with Crippen molar-refractivity contribution in [1.82, 2.24) is 10.2 Å². The highest BCUT2D eigenvalue weighted by atomic mass is 16.3. The lowest BCUT2D eigenvalue weighted by Gasteiger charge is -2.30. The average molecular weight is 192 g/mol. The summed E-state index contributed by atoms with van der Waals surface area (Å²) in [5.41, 5.74) is 2.70. The van der Waals surface area contributed by atoms with E-state index in [1.54, 1.807) is 0 Å². The molecule has 0 aromatic carbocycles. The van der Waals surface area contributed by atoms with Crippen molar-refractivity contribution in [2.24, 2.45) is 5.92 Å².